The second-order valence-electron chi connectivity index (χ2n) is 6.97. The van der Waals surface area contributed by atoms with Crippen LogP contribution in [0, 0.1) is 0 Å². The number of alkyl halides is 3. The van der Waals surface area contributed by atoms with Gasteiger partial charge < -0.3 is 21.3 Å². The van der Waals surface area contributed by atoms with Gasteiger partial charge >= 0.3 is 12.1 Å². The summed E-state index contributed by atoms with van der Waals surface area (Å²) in [6.45, 7) is 0.0326. The molecule has 2 aromatic heterocycles. The third-order valence-corrected chi connectivity index (χ3v) is 4.77. The van der Waals surface area contributed by atoms with Gasteiger partial charge in [0, 0.05) is 17.0 Å². The average molecular weight is 512 g/mol. The number of nitrogens with one attached hydrogen (secondary N) is 2. The number of carboxylic acids is 1. The molecule has 15 heteroatoms. The van der Waals surface area contributed by atoms with Crippen molar-refractivity contribution in [3.05, 3.63) is 64.9 Å². The Morgan fingerprint density at radius 3 is 2.49 bits per heavy atom. The lowest BCUT2D eigenvalue weighted by molar-refractivity contribution is -0.192. The summed E-state index contributed by atoms with van der Waals surface area (Å²) >= 11 is 5.83. The maximum absolute atomic E-state index is 12.3. The molecule has 0 aliphatic carbocycles. The fourth-order valence-corrected chi connectivity index (χ4v) is 2.87. The Labute approximate surface area is 199 Å². The number of carboxylic acid groups (broad SMARTS) is 1. The molecule has 0 fully saturated rings. The van der Waals surface area contributed by atoms with Gasteiger partial charge in [0.1, 0.15) is 0 Å². The van der Waals surface area contributed by atoms with Crippen LogP contribution in [-0.4, -0.2) is 60.0 Å². The number of benzene rings is 2. The summed E-state index contributed by atoms with van der Waals surface area (Å²) in [6, 6.07) is 12.2. The molecule has 4 rings (SSSR count). The van der Waals surface area contributed by atoms with E-state index in [-0.39, 0.29) is 12.2 Å². The Kier molecular flexibility index (Phi) is 7.56. The van der Waals surface area contributed by atoms with Crippen molar-refractivity contribution in [1.29, 1.82) is 0 Å². The molecular formula is C20H17ClF3N7O4. The Morgan fingerprint density at radius 1 is 1.20 bits per heavy atom. The number of nitrogens with zero attached hydrogens (tertiary/aromatic N) is 4. The van der Waals surface area contributed by atoms with Gasteiger partial charge in [0.15, 0.2) is 11.5 Å². The minimum atomic E-state index is -5.08. The molecule has 184 valence electrons. The van der Waals surface area contributed by atoms with Crippen LogP contribution in [0.25, 0.3) is 16.6 Å². The number of carbonyl (C=O) groups excluding carboxylic acids is 1. The van der Waals surface area contributed by atoms with E-state index in [4.69, 9.17) is 27.2 Å². The Hall–Kier alpha value is -4.17. The largest absolute Gasteiger partial charge is 0.490 e. The molecule has 1 unspecified atom stereocenters. The third kappa shape index (κ3) is 6.45. The number of carbonyl (C=O) groups is 2. The molecule has 11 nitrogen and oxygen atoms in total. The van der Waals surface area contributed by atoms with Crippen LogP contribution in [0.15, 0.2) is 48.7 Å². The Bertz CT molecular complexity index is 1340. The maximum atomic E-state index is 12.3. The SMILES string of the molecule is Nc1n[nH]c2ccc(-n3cc(C(=O)NCC(O)c4ccc(Cl)cc4)nn3)cc12.O=C(O)C(F)(F)F. The molecule has 0 bridgehead atoms. The highest BCUT2D eigenvalue weighted by atomic mass is 35.5. The van der Waals surface area contributed by atoms with E-state index in [0.29, 0.717) is 22.1 Å². The van der Waals surface area contributed by atoms with Crippen molar-refractivity contribution in [1.82, 2.24) is 30.5 Å². The van der Waals surface area contributed by atoms with Gasteiger partial charge in [-0.15, -0.1) is 5.10 Å². The summed E-state index contributed by atoms with van der Waals surface area (Å²) < 4.78 is 33.2. The first-order valence-electron chi connectivity index (χ1n) is 9.64. The molecule has 0 saturated carbocycles. The molecule has 6 N–H and O–H groups in total. The lowest BCUT2D eigenvalue weighted by Gasteiger charge is -2.11. The Balaban J connectivity index is 0.000000429. The number of aromatic amines is 1. The minimum absolute atomic E-state index is 0.0326. The van der Waals surface area contributed by atoms with Crippen LogP contribution in [0.4, 0.5) is 19.0 Å². The number of amides is 1. The van der Waals surface area contributed by atoms with Crippen molar-refractivity contribution in [2.24, 2.45) is 0 Å². The molecule has 0 aliphatic rings. The number of aromatic nitrogens is 5. The predicted molar refractivity (Wildman–Crippen MR) is 118 cm³/mol. The number of halogens is 4. The summed E-state index contributed by atoms with van der Waals surface area (Å²) in [4.78, 5) is 21.2. The molecule has 1 atom stereocenters. The number of H-pyrrole nitrogens is 1. The zero-order valence-electron chi connectivity index (χ0n) is 17.5. The van der Waals surface area contributed by atoms with E-state index in [2.05, 4.69) is 25.8 Å². The molecule has 0 saturated heterocycles. The number of hydrogen-bond acceptors (Lipinski definition) is 7. The normalized spacial score (nSPS) is 12.0. The van der Waals surface area contributed by atoms with E-state index in [1.165, 1.54) is 10.9 Å². The number of aliphatic carboxylic acids is 1. The second kappa shape index (κ2) is 10.4. The van der Waals surface area contributed by atoms with Gasteiger partial charge in [-0.2, -0.15) is 18.3 Å². The van der Waals surface area contributed by atoms with Gasteiger partial charge in [0.05, 0.1) is 23.5 Å². The number of aliphatic hydroxyl groups is 1. The molecule has 0 spiro atoms. The van der Waals surface area contributed by atoms with E-state index >= 15 is 0 Å². The smallest absolute Gasteiger partial charge is 0.475 e. The van der Waals surface area contributed by atoms with Crippen LogP contribution in [0.3, 0.4) is 0 Å². The van der Waals surface area contributed by atoms with Crippen molar-refractivity contribution in [3.63, 3.8) is 0 Å². The summed E-state index contributed by atoms with van der Waals surface area (Å²) in [6.07, 6.45) is -4.44. The molecule has 4 aromatic rings. The zero-order chi connectivity index (χ0) is 25.8. The van der Waals surface area contributed by atoms with E-state index in [9.17, 15) is 23.1 Å². The van der Waals surface area contributed by atoms with Crippen LogP contribution in [0.5, 0.6) is 0 Å². The zero-order valence-corrected chi connectivity index (χ0v) is 18.2. The van der Waals surface area contributed by atoms with Crippen LogP contribution >= 0.6 is 11.6 Å². The standard InChI is InChI=1S/C18H16ClN7O2.C2HF3O2/c19-11-3-1-10(2-4-11)16(27)8-21-18(28)15-9-26(25-23-15)12-5-6-14-13(7-12)17(20)24-22-14;3-2(4,5)1(6)7/h1-7,9,16,27H,8H2,(H,21,28)(H3,20,22,24);(H,6,7). The van der Waals surface area contributed by atoms with Crippen molar-refractivity contribution in [2.45, 2.75) is 12.3 Å². The van der Waals surface area contributed by atoms with Gasteiger partial charge in [-0.1, -0.05) is 28.9 Å². The van der Waals surface area contributed by atoms with E-state index < -0.39 is 24.2 Å². The quantitative estimate of drug-likeness (QED) is 0.272. The number of fused-ring (bicyclic) bond motifs is 1. The lowest BCUT2D eigenvalue weighted by atomic mass is 10.1. The predicted octanol–water partition coefficient (Wildman–Crippen LogP) is 2.48. The monoisotopic (exact) mass is 511 g/mol. The molecular weight excluding hydrogens is 495 g/mol. The van der Waals surface area contributed by atoms with Crippen LogP contribution < -0.4 is 11.1 Å². The van der Waals surface area contributed by atoms with Gasteiger partial charge in [0.25, 0.3) is 5.91 Å². The second-order valence-corrected chi connectivity index (χ2v) is 7.40. The number of aliphatic hydroxyl groups excluding tert-OH is 1. The molecule has 0 aliphatic heterocycles. The third-order valence-electron chi connectivity index (χ3n) is 4.52. The highest BCUT2D eigenvalue weighted by molar-refractivity contribution is 6.30. The Morgan fingerprint density at radius 2 is 1.86 bits per heavy atom. The number of rotatable bonds is 5. The summed E-state index contributed by atoms with van der Waals surface area (Å²) in [5.74, 6) is -2.82. The summed E-state index contributed by atoms with van der Waals surface area (Å²) in [7, 11) is 0. The van der Waals surface area contributed by atoms with Gasteiger partial charge in [-0.05, 0) is 35.9 Å². The fourth-order valence-electron chi connectivity index (χ4n) is 2.74. The number of hydrogen-bond donors (Lipinski definition) is 5. The summed E-state index contributed by atoms with van der Waals surface area (Å²) in [5.41, 5.74) is 8.09. The van der Waals surface area contributed by atoms with E-state index in [0.717, 1.165) is 10.9 Å². The van der Waals surface area contributed by atoms with Crippen molar-refractivity contribution >= 4 is 40.2 Å². The topological polar surface area (TPSA) is 172 Å². The van der Waals surface area contributed by atoms with E-state index in [1.807, 2.05) is 6.07 Å². The molecule has 2 aromatic carbocycles. The van der Waals surface area contributed by atoms with Crippen molar-refractivity contribution in [2.75, 3.05) is 12.3 Å². The molecule has 2 heterocycles. The lowest BCUT2D eigenvalue weighted by Crippen LogP contribution is -2.28. The van der Waals surface area contributed by atoms with Crippen molar-refractivity contribution < 1.29 is 33.0 Å². The number of nitrogen functional groups attached to an aromatic ring is 1. The number of nitrogens with two attached hydrogens (primary N) is 1. The fraction of sp³-hybridized carbons (Fsp3) is 0.150. The molecule has 0 radical (unpaired) electrons. The van der Waals surface area contributed by atoms with E-state index in [1.54, 1.807) is 36.4 Å². The van der Waals surface area contributed by atoms with Crippen LogP contribution in [-0.2, 0) is 4.79 Å². The van der Waals surface area contributed by atoms with Gasteiger partial charge in [-0.3, -0.25) is 9.89 Å². The minimum Gasteiger partial charge on any atom is -0.475 e. The van der Waals surface area contributed by atoms with Crippen LogP contribution in [0.1, 0.15) is 22.2 Å². The highest BCUT2D eigenvalue weighted by Crippen LogP contribution is 2.21. The first-order chi connectivity index (χ1) is 16.5. The average Bonchev–Trinajstić information content (AvgIpc) is 3.45. The first kappa shape index (κ1) is 25.5. The first-order valence-corrected chi connectivity index (χ1v) is 10.0. The van der Waals surface area contributed by atoms with Crippen molar-refractivity contribution in [3.8, 4) is 5.69 Å². The van der Waals surface area contributed by atoms with Gasteiger partial charge in [-0.25, -0.2) is 9.48 Å². The number of anilines is 1. The molecule has 1 amide bonds. The molecule has 35 heavy (non-hydrogen) atoms. The summed E-state index contributed by atoms with van der Waals surface area (Å²) in [5, 5.41) is 35.9. The maximum Gasteiger partial charge on any atom is 0.490 e. The highest BCUT2D eigenvalue weighted by Gasteiger charge is 2.38. The van der Waals surface area contributed by atoms with Gasteiger partial charge in [0.2, 0.25) is 0 Å². The van der Waals surface area contributed by atoms with Crippen LogP contribution in [0.2, 0.25) is 5.02 Å².